The van der Waals surface area contributed by atoms with E-state index in [1.54, 1.807) is 29.0 Å². The molecule has 9 nitrogen and oxygen atoms in total. The maximum atomic E-state index is 12.9. The van der Waals surface area contributed by atoms with Crippen molar-refractivity contribution in [2.45, 2.75) is 0 Å². The number of nitrogens with zero attached hydrogens (tertiary/aromatic N) is 2. The van der Waals surface area contributed by atoms with Crippen LogP contribution in [0.4, 0.5) is 0 Å². The number of carbonyl (C=O) groups excluding carboxylic acids is 2. The van der Waals surface area contributed by atoms with Gasteiger partial charge < -0.3 is 33.5 Å². The Morgan fingerprint density at radius 3 is 1.93 bits per heavy atom. The topological polar surface area (TPSA) is 86.8 Å². The Bertz CT molecular complexity index is 647. The summed E-state index contributed by atoms with van der Waals surface area (Å²) in [7, 11) is 6.10. The number of carbonyl (C=O) groups is 2. The van der Waals surface area contributed by atoms with Crippen molar-refractivity contribution in [1.82, 2.24) is 9.80 Å². The Morgan fingerprint density at radius 2 is 1.43 bits per heavy atom. The Hall–Kier alpha value is -2.52. The maximum absolute atomic E-state index is 12.9. The van der Waals surface area contributed by atoms with Crippen LogP contribution in [-0.4, -0.2) is 96.1 Å². The number of hydrogen-bond donors (Lipinski definition) is 0. The summed E-state index contributed by atoms with van der Waals surface area (Å²) in [6.07, 6.45) is 0. The molecule has 0 bridgehead atoms. The highest BCUT2D eigenvalue weighted by Crippen LogP contribution is 2.38. The van der Waals surface area contributed by atoms with Crippen LogP contribution in [0.3, 0.4) is 0 Å². The molecule has 2 amide bonds. The molecule has 1 aliphatic heterocycles. The first-order chi connectivity index (χ1) is 13.5. The summed E-state index contributed by atoms with van der Waals surface area (Å²) in [5, 5.41) is 0. The number of ether oxygens (including phenoxy) is 5. The van der Waals surface area contributed by atoms with E-state index < -0.39 is 0 Å². The lowest BCUT2D eigenvalue weighted by molar-refractivity contribution is -0.138. The van der Waals surface area contributed by atoms with E-state index in [1.807, 2.05) is 0 Å². The van der Waals surface area contributed by atoms with Gasteiger partial charge >= 0.3 is 0 Å². The Kier molecular flexibility index (Phi) is 8.34. The highest BCUT2D eigenvalue weighted by Gasteiger charge is 2.26. The fourth-order valence-electron chi connectivity index (χ4n) is 2.94. The molecule has 9 heteroatoms. The molecular formula is C19H28N2O7. The second-order valence-corrected chi connectivity index (χ2v) is 6.13. The molecule has 1 aromatic rings. The van der Waals surface area contributed by atoms with Crippen LogP contribution >= 0.6 is 0 Å². The minimum atomic E-state index is -0.150. The first kappa shape index (κ1) is 21.8. The minimum Gasteiger partial charge on any atom is -0.493 e. The number of amides is 2. The van der Waals surface area contributed by atoms with Gasteiger partial charge in [-0.05, 0) is 12.1 Å². The first-order valence-corrected chi connectivity index (χ1v) is 8.99. The lowest BCUT2D eigenvalue weighted by Crippen LogP contribution is -2.51. The molecule has 28 heavy (non-hydrogen) atoms. The van der Waals surface area contributed by atoms with Crippen molar-refractivity contribution < 1.29 is 33.3 Å². The highest BCUT2D eigenvalue weighted by molar-refractivity contribution is 5.96. The van der Waals surface area contributed by atoms with Crippen LogP contribution in [0.5, 0.6) is 17.2 Å². The second kappa shape index (κ2) is 10.7. The largest absolute Gasteiger partial charge is 0.493 e. The molecule has 0 N–H and O–H groups in total. The third-order valence-corrected chi connectivity index (χ3v) is 4.49. The standard InChI is InChI=1S/C19H28N2O7/c1-24-9-10-28-13-17(22)20-5-7-21(8-6-20)19(23)14-11-15(25-2)18(27-4)16(12-14)26-3/h11-12H,5-10,13H2,1-4H3. The quantitative estimate of drug-likeness (QED) is 0.567. The molecule has 1 fully saturated rings. The van der Waals surface area contributed by atoms with Crippen LogP contribution < -0.4 is 14.2 Å². The maximum Gasteiger partial charge on any atom is 0.254 e. The summed E-state index contributed by atoms with van der Waals surface area (Å²) in [6, 6.07) is 3.26. The molecule has 0 aromatic heterocycles. The summed E-state index contributed by atoms with van der Waals surface area (Å²) in [5.41, 5.74) is 0.442. The van der Waals surface area contributed by atoms with Crippen molar-refractivity contribution in [3.8, 4) is 17.2 Å². The van der Waals surface area contributed by atoms with Crippen molar-refractivity contribution >= 4 is 11.8 Å². The van der Waals surface area contributed by atoms with Crippen LogP contribution in [0.15, 0.2) is 12.1 Å². The molecule has 1 aromatic carbocycles. The van der Waals surface area contributed by atoms with Gasteiger partial charge in [0.2, 0.25) is 11.7 Å². The first-order valence-electron chi connectivity index (χ1n) is 8.99. The van der Waals surface area contributed by atoms with E-state index in [1.165, 1.54) is 21.3 Å². The van der Waals surface area contributed by atoms with Gasteiger partial charge in [0.15, 0.2) is 11.5 Å². The van der Waals surface area contributed by atoms with E-state index in [9.17, 15) is 9.59 Å². The van der Waals surface area contributed by atoms with E-state index in [4.69, 9.17) is 23.7 Å². The van der Waals surface area contributed by atoms with Crippen molar-refractivity contribution in [1.29, 1.82) is 0 Å². The molecule has 2 rings (SSSR count). The lowest BCUT2D eigenvalue weighted by atomic mass is 10.1. The highest BCUT2D eigenvalue weighted by atomic mass is 16.5. The zero-order chi connectivity index (χ0) is 20.5. The molecule has 0 spiro atoms. The molecule has 1 heterocycles. The third kappa shape index (κ3) is 5.26. The number of methoxy groups -OCH3 is 4. The van der Waals surface area contributed by atoms with Gasteiger partial charge in [-0.15, -0.1) is 0 Å². The van der Waals surface area contributed by atoms with E-state index in [0.29, 0.717) is 62.2 Å². The normalized spacial score (nSPS) is 14.0. The molecule has 0 saturated carbocycles. The predicted octanol–water partition coefficient (Wildman–Crippen LogP) is 0.660. The Labute approximate surface area is 165 Å². The number of hydrogen-bond acceptors (Lipinski definition) is 7. The summed E-state index contributed by atoms with van der Waals surface area (Å²) in [4.78, 5) is 28.4. The van der Waals surface area contributed by atoms with E-state index in [-0.39, 0.29) is 18.4 Å². The molecule has 1 aliphatic rings. The van der Waals surface area contributed by atoms with Gasteiger partial charge in [-0.3, -0.25) is 9.59 Å². The van der Waals surface area contributed by atoms with E-state index >= 15 is 0 Å². The van der Waals surface area contributed by atoms with Gasteiger partial charge in [0.25, 0.3) is 5.91 Å². The van der Waals surface area contributed by atoms with Crippen LogP contribution in [0.25, 0.3) is 0 Å². The van der Waals surface area contributed by atoms with E-state index in [0.717, 1.165) is 0 Å². The van der Waals surface area contributed by atoms with Gasteiger partial charge in [-0.1, -0.05) is 0 Å². The molecule has 0 atom stereocenters. The zero-order valence-electron chi connectivity index (χ0n) is 16.9. The van der Waals surface area contributed by atoms with Crippen molar-refractivity contribution in [3.63, 3.8) is 0 Å². The number of benzene rings is 1. The van der Waals surface area contributed by atoms with Crippen LogP contribution in [0.1, 0.15) is 10.4 Å². The molecule has 156 valence electrons. The predicted molar refractivity (Wildman–Crippen MR) is 101 cm³/mol. The molecular weight excluding hydrogens is 368 g/mol. The fourth-order valence-corrected chi connectivity index (χ4v) is 2.94. The van der Waals surface area contributed by atoms with Crippen molar-refractivity contribution in [3.05, 3.63) is 17.7 Å². The molecule has 1 saturated heterocycles. The number of piperazine rings is 1. The second-order valence-electron chi connectivity index (χ2n) is 6.13. The van der Waals surface area contributed by atoms with Gasteiger partial charge in [0.1, 0.15) is 6.61 Å². The van der Waals surface area contributed by atoms with E-state index in [2.05, 4.69) is 0 Å². The summed E-state index contributed by atoms with van der Waals surface area (Å²) >= 11 is 0. The summed E-state index contributed by atoms with van der Waals surface area (Å²) in [6.45, 7) is 2.65. The van der Waals surface area contributed by atoms with Crippen molar-refractivity contribution in [2.24, 2.45) is 0 Å². The SMILES string of the molecule is COCCOCC(=O)N1CCN(C(=O)c2cc(OC)c(OC)c(OC)c2)CC1. The Morgan fingerprint density at radius 1 is 0.857 bits per heavy atom. The fraction of sp³-hybridized carbons (Fsp3) is 0.579. The minimum absolute atomic E-state index is 0.0180. The summed E-state index contributed by atoms with van der Waals surface area (Å²) in [5.74, 6) is 1.04. The lowest BCUT2D eigenvalue weighted by Gasteiger charge is -2.35. The zero-order valence-corrected chi connectivity index (χ0v) is 16.9. The van der Waals surface area contributed by atoms with Gasteiger partial charge in [-0.25, -0.2) is 0 Å². The van der Waals surface area contributed by atoms with Gasteiger partial charge in [-0.2, -0.15) is 0 Å². The number of rotatable bonds is 9. The summed E-state index contributed by atoms with van der Waals surface area (Å²) < 4.78 is 26.1. The van der Waals surface area contributed by atoms with Crippen LogP contribution in [0.2, 0.25) is 0 Å². The average molecular weight is 396 g/mol. The van der Waals surface area contributed by atoms with Crippen molar-refractivity contribution in [2.75, 3.05) is 74.4 Å². The molecule has 0 radical (unpaired) electrons. The Balaban J connectivity index is 1.97. The van der Waals surface area contributed by atoms with Crippen LogP contribution in [0, 0.1) is 0 Å². The van der Waals surface area contributed by atoms with Gasteiger partial charge in [0, 0.05) is 38.9 Å². The average Bonchev–Trinajstić information content (AvgIpc) is 2.74. The smallest absolute Gasteiger partial charge is 0.254 e. The molecule has 0 unspecified atom stereocenters. The van der Waals surface area contributed by atoms with Crippen LogP contribution in [-0.2, 0) is 14.3 Å². The third-order valence-electron chi connectivity index (χ3n) is 4.49. The monoisotopic (exact) mass is 396 g/mol. The van der Waals surface area contributed by atoms with Gasteiger partial charge in [0.05, 0.1) is 34.5 Å². The molecule has 0 aliphatic carbocycles.